The van der Waals surface area contributed by atoms with E-state index in [2.05, 4.69) is 10.6 Å². The van der Waals surface area contributed by atoms with Gasteiger partial charge in [-0.3, -0.25) is 0 Å². The third-order valence-electron chi connectivity index (χ3n) is 4.35. The van der Waals surface area contributed by atoms with E-state index in [0.717, 1.165) is 33.5 Å². The lowest BCUT2D eigenvalue weighted by atomic mass is 10.0. The average Bonchev–Trinajstić information content (AvgIpc) is 2.74. The SMILES string of the molecule is CCNC(=O)Nc1ccc2nc(-c3ccccc3)c(-c3ccccc3)nc2c1. The lowest BCUT2D eigenvalue weighted by Gasteiger charge is -2.12. The van der Waals surface area contributed by atoms with Crippen LogP contribution in [-0.2, 0) is 0 Å². The minimum atomic E-state index is -0.237. The van der Waals surface area contributed by atoms with Crippen LogP contribution in [0.4, 0.5) is 10.5 Å². The molecule has 1 aromatic heterocycles. The van der Waals surface area contributed by atoms with Crippen LogP contribution < -0.4 is 10.6 Å². The first-order valence-corrected chi connectivity index (χ1v) is 9.22. The van der Waals surface area contributed by atoms with Crippen molar-refractivity contribution < 1.29 is 4.79 Å². The van der Waals surface area contributed by atoms with E-state index in [-0.39, 0.29) is 6.03 Å². The molecule has 3 aromatic carbocycles. The van der Waals surface area contributed by atoms with E-state index in [0.29, 0.717) is 12.2 Å². The van der Waals surface area contributed by atoms with Crippen LogP contribution in [-0.4, -0.2) is 22.5 Å². The van der Waals surface area contributed by atoms with Crippen molar-refractivity contribution in [3.8, 4) is 22.5 Å². The molecular formula is C23H20N4O. The van der Waals surface area contributed by atoms with Crippen LogP contribution in [0, 0.1) is 0 Å². The van der Waals surface area contributed by atoms with Crippen LogP contribution in [0.1, 0.15) is 6.92 Å². The van der Waals surface area contributed by atoms with Gasteiger partial charge in [-0.1, -0.05) is 60.7 Å². The molecule has 5 heteroatoms. The Morgan fingerprint density at radius 1 is 0.786 bits per heavy atom. The van der Waals surface area contributed by atoms with Gasteiger partial charge < -0.3 is 10.6 Å². The van der Waals surface area contributed by atoms with Crippen molar-refractivity contribution in [2.45, 2.75) is 6.92 Å². The molecule has 4 rings (SSSR count). The summed E-state index contributed by atoms with van der Waals surface area (Å²) in [6.45, 7) is 2.44. The Hall–Kier alpha value is -3.73. The van der Waals surface area contributed by atoms with Gasteiger partial charge in [0.15, 0.2) is 0 Å². The number of hydrogen-bond acceptors (Lipinski definition) is 3. The van der Waals surface area contributed by atoms with Crippen molar-refractivity contribution in [1.82, 2.24) is 15.3 Å². The van der Waals surface area contributed by atoms with Gasteiger partial charge in [0.25, 0.3) is 0 Å². The first-order valence-electron chi connectivity index (χ1n) is 9.22. The van der Waals surface area contributed by atoms with E-state index in [4.69, 9.17) is 9.97 Å². The molecule has 2 N–H and O–H groups in total. The predicted octanol–water partition coefficient (Wildman–Crippen LogP) is 5.11. The van der Waals surface area contributed by atoms with Crippen LogP contribution in [0.25, 0.3) is 33.5 Å². The summed E-state index contributed by atoms with van der Waals surface area (Å²) in [5, 5.41) is 5.55. The standard InChI is InChI=1S/C23H20N4O/c1-2-24-23(28)25-18-13-14-19-20(15-18)27-22(17-11-7-4-8-12-17)21(26-19)16-9-5-3-6-10-16/h3-15H,2H2,1H3,(H2,24,25,28). The van der Waals surface area contributed by atoms with E-state index in [1.807, 2.05) is 85.8 Å². The van der Waals surface area contributed by atoms with Crippen molar-refractivity contribution >= 4 is 22.8 Å². The molecule has 0 saturated heterocycles. The van der Waals surface area contributed by atoms with E-state index < -0.39 is 0 Å². The van der Waals surface area contributed by atoms with Crippen molar-refractivity contribution in [1.29, 1.82) is 0 Å². The Morgan fingerprint density at radius 3 is 1.93 bits per heavy atom. The fraction of sp³-hybridized carbons (Fsp3) is 0.0870. The molecule has 0 aliphatic heterocycles. The summed E-state index contributed by atoms with van der Waals surface area (Å²) in [5.74, 6) is 0. The number of hydrogen-bond donors (Lipinski definition) is 2. The molecule has 28 heavy (non-hydrogen) atoms. The molecule has 4 aromatic rings. The van der Waals surface area contributed by atoms with Crippen LogP contribution in [0.15, 0.2) is 78.9 Å². The molecule has 0 spiro atoms. The Labute approximate surface area is 163 Å². The molecule has 0 atom stereocenters. The van der Waals surface area contributed by atoms with Gasteiger partial charge in [-0.15, -0.1) is 0 Å². The largest absolute Gasteiger partial charge is 0.338 e. The minimum Gasteiger partial charge on any atom is -0.338 e. The summed E-state index contributed by atoms with van der Waals surface area (Å²) in [4.78, 5) is 21.6. The van der Waals surface area contributed by atoms with Crippen molar-refractivity contribution in [2.24, 2.45) is 0 Å². The number of amides is 2. The molecule has 0 radical (unpaired) electrons. The highest BCUT2D eigenvalue weighted by Crippen LogP contribution is 2.31. The summed E-state index contributed by atoms with van der Waals surface area (Å²) >= 11 is 0. The van der Waals surface area contributed by atoms with E-state index in [9.17, 15) is 4.79 Å². The summed E-state index contributed by atoms with van der Waals surface area (Å²) in [6, 6.07) is 25.4. The smallest absolute Gasteiger partial charge is 0.319 e. The second-order valence-electron chi connectivity index (χ2n) is 6.34. The number of rotatable bonds is 4. The molecule has 0 aliphatic carbocycles. The zero-order valence-electron chi connectivity index (χ0n) is 15.5. The number of urea groups is 1. The van der Waals surface area contributed by atoms with Crippen LogP contribution >= 0.6 is 0 Å². The molecule has 1 heterocycles. The van der Waals surface area contributed by atoms with Gasteiger partial charge in [-0.2, -0.15) is 0 Å². The van der Waals surface area contributed by atoms with Crippen molar-refractivity contribution in [3.63, 3.8) is 0 Å². The molecular weight excluding hydrogens is 348 g/mol. The maximum absolute atomic E-state index is 11.8. The topological polar surface area (TPSA) is 66.9 Å². The monoisotopic (exact) mass is 368 g/mol. The molecule has 0 unspecified atom stereocenters. The fourth-order valence-electron chi connectivity index (χ4n) is 3.06. The first-order chi connectivity index (χ1) is 13.7. The number of aromatic nitrogens is 2. The highest BCUT2D eigenvalue weighted by atomic mass is 16.2. The van der Waals surface area contributed by atoms with Gasteiger partial charge in [0.1, 0.15) is 0 Å². The normalized spacial score (nSPS) is 10.6. The summed E-state index contributed by atoms with van der Waals surface area (Å²) in [7, 11) is 0. The lowest BCUT2D eigenvalue weighted by Crippen LogP contribution is -2.28. The number of anilines is 1. The second kappa shape index (κ2) is 7.88. The van der Waals surface area contributed by atoms with E-state index in [1.165, 1.54) is 0 Å². The summed E-state index contributed by atoms with van der Waals surface area (Å²) < 4.78 is 0. The maximum Gasteiger partial charge on any atom is 0.319 e. The number of nitrogens with one attached hydrogen (secondary N) is 2. The Morgan fingerprint density at radius 2 is 1.36 bits per heavy atom. The molecule has 138 valence electrons. The van der Waals surface area contributed by atoms with Gasteiger partial charge in [-0.05, 0) is 25.1 Å². The first kappa shape index (κ1) is 17.7. The highest BCUT2D eigenvalue weighted by Gasteiger charge is 2.13. The summed E-state index contributed by atoms with van der Waals surface area (Å²) in [5.41, 5.74) is 5.85. The molecule has 0 saturated carbocycles. The molecule has 5 nitrogen and oxygen atoms in total. The van der Waals surface area contributed by atoms with E-state index in [1.54, 1.807) is 0 Å². The van der Waals surface area contributed by atoms with E-state index >= 15 is 0 Å². The number of fused-ring (bicyclic) bond motifs is 1. The predicted molar refractivity (Wildman–Crippen MR) is 113 cm³/mol. The fourth-order valence-corrected chi connectivity index (χ4v) is 3.06. The van der Waals surface area contributed by atoms with Gasteiger partial charge in [0.05, 0.1) is 22.4 Å². The molecule has 2 amide bonds. The third-order valence-corrected chi connectivity index (χ3v) is 4.35. The third kappa shape index (κ3) is 3.69. The van der Waals surface area contributed by atoms with Gasteiger partial charge >= 0.3 is 6.03 Å². The number of carbonyl (C=O) groups is 1. The van der Waals surface area contributed by atoms with Gasteiger partial charge in [-0.25, -0.2) is 14.8 Å². The molecule has 0 fully saturated rings. The number of nitrogens with zero attached hydrogens (tertiary/aromatic N) is 2. The van der Waals surface area contributed by atoms with Crippen LogP contribution in [0.2, 0.25) is 0 Å². The maximum atomic E-state index is 11.8. The minimum absolute atomic E-state index is 0.237. The van der Waals surface area contributed by atoms with Gasteiger partial charge in [0, 0.05) is 23.4 Å². The van der Waals surface area contributed by atoms with Gasteiger partial charge in [0.2, 0.25) is 0 Å². The Kier molecular flexibility index (Phi) is 4.97. The van der Waals surface area contributed by atoms with Crippen LogP contribution in [0.5, 0.6) is 0 Å². The number of carbonyl (C=O) groups excluding carboxylic acids is 1. The van der Waals surface area contributed by atoms with Crippen molar-refractivity contribution in [2.75, 3.05) is 11.9 Å². The Balaban J connectivity index is 1.85. The lowest BCUT2D eigenvalue weighted by molar-refractivity contribution is 0.252. The molecule has 0 bridgehead atoms. The molecule has 0 aliphatic rings. The summed E-state index contributed by atoms with van der Waals surface area (Å²) in [6.07, 6.45) is 0. The average molecular weight is 368 g/mol. The zero-order valence-corrected chi connectivity index (χ0v) is 15.5. The quantitative estimate of drug-likeness (QED) is 0.526. The number of benzene rings is 3. The van der Waals surface area contributed by atoms with Crippen molar-refractivity contribution in [3.05, 3.63) is 78.9 Å². The van der Waals surface area contributed by atoms with Crippen LogP contribution in [0.3, 0.4) is 0 Å². The zero-order chi connectivity index (χ0) is 19.3. The Bertz CT molecular complexity index is 1110. The second-order valence-corrected chi connectivity index (χ2v) is 6.34. The highest BCUT2D eigenvalue weighted by molar-refractivity contribution is 5.93.